The minimum Gasteiger partial charge on any atom is -0.267 e. The number of aromatic nitrogens is 1. The van der Waals surface area contributed by atoms with Gasteiger partial charge < -0.3 is 0 Å². The Labute approximate surface area is 134 Å². The molecule has 1 N–H and O–H groups in total. The highest BCUT2D eigenvalue weighted by Crippen LogP contribution is 2.20. The smallest absolute Gasteiger partial charge is 0.267 e. The molecule has 1 amide bonds. The SMILES string of the molecule is O=C(NN=Cc1cc([N+](=O)[O-])ccc1Cl)c1cccnc1Cl. The molecule has 0 bridgehead atoms. The first-order valence-electron chi connectivity index (χ1n) is 5.87. The van der Waals surface area contributed by atoms with E-state index in [2.05, 4.69) is 15.5 Å². The van der Waals surface area contributed by atoms with Crippen LogP contribution < -0.4 is 5.43 Å². The monoisotopic (exact) mass is 338 g/mol. The number of hydrazone groups is 1. The lowest BCUT2D eigenvalue weighted by Gasteiger charge is -2.01. The summed E-state index contributed by atoms with van der Waals surface area (Å²) in [5, 5.41) is 14.7. The molecule has 0 aliphatic carbocycles. The van der Waals surface area contributed by atoms with Gasteiger partial charge in [-0.15, -0.1) is 0 Å². The molecule has 0 aliphatic rings. The van der Waals surface area contributed by atoms with Crippen molar-refractivity contribution in [1.82, 2.24) is 10.4 Å². The largest absolute Gasteiger partial charge is 0.274 e. The Morgan fingerprint density at radius 1 is 1.36 bits per heavy atom. The molecule has 2 rings (SSSR count). The molecule has 7 nitrogen and oxygen atoms in total. The molecule has 1 aromatic carbocycles. The van der Waals surface area contributed by atoms with Crippen LogP contribution in [0.25, 0.3) is 0 Å². The number of halogens is 2. The molecular formula is C13H8Cl2N4O3. The van der Waals surface area contributed by atoms with Crippen LogP contribution in [-0.4, -0.2) is 22.0 Å². The highest BCUT2D eigenvalue weighted by Gasteiger charge is 2.10. The van der Waals surface area contributed by atoms with Crippen molar-refractivity contribution in [2.24, 2.45) is 5.10 Å². The fourth-order valence-corrected chi connectivity index (χ4v) is 1.89. The molecule has 0 fully saturated rings. The second-order valence-electron chi connectivity index (χ2n) is 4.00. The molecule has 0 radical (unpaired) electrons. The zero-order chi connectivity index (χ0) is 16.1. The summed E-state index contributed by atoms with van der Waals surface area (Å²) in [6, 6.07) is 6.94. The van der Waals surface area contributed by atoms with E-state index in [1.165, 1.54) is 36.7 Å². The van der Waals surface area contributed by atoms with Crippen molar-refractivity contribution in [3.63, 3.8) is 0 Å². The molecule has 0 saturated carbocycles. The van der Waals surface area contributed by atoms with E-state index in [0.29, 0.717) is 5.56 Å². The van der Waals surface area contributed by atoms with E-state index in [-0.39, 0.29) is 21.4 Å². The number of pyridine rings is 1. The molecule has 1 aromatic heterocycles. The molecule has 0 spiro atoms. The Bertz CT molecular complexity index is 765. The topological polar surface area (TPSA) is 97.5 Å². The van der Waals surface area contributed by atoms with E-state index in [4.69, 9.17) is 23.2 Å². The number of nitro benzene ring substituents is 1. The predicted octanol–water partition coefficient (Wildman–Crippen LogP) is 3.06. The van der Waals surface area contributed by atoms with Crippen LogP contribution in [0.1, 0.15) is 15.9 Å². The summed E-state index contributed by atoms with van der Waals surface area (Å²) in [5.74, 6) is -0.559. The molecule has 0 unspecified atom stereocenters. The van der Waals surface area contributed by atoms with Crippen molar-refractivity contribution in [3.8, 4) is 0 Å². The van der Waals surface area contributed by atoms with Crippen LogP contribution in [0.4, 0.5) is 5.69 Å². The van der Waals surface area contributed by atoms with Crippen LogP contribution in [0.15, 0.2) is 41.6 Å². The minimum atomic E-state index is -0.559. The van der Waals surface area contributed by atoms with Gasteiger partial charge in [-0.2, -0.15) is 5.10 Å². The Kier molecular flexibility index (Phi) is 5.03. The Morgan fingerprint density at radius 2 is 2.14 bits per heavy atom. The van der Waals surface area contributed by atoms with Gasteiger partial charge in [0.15, 0.2) is 0 Å². The molecule has 0 saturated heterocycles. The molecule has 2 aromatic rings. The maximum atomic E-state index is 11.8. The average molecular weight is 339 g/mol. The number of nitrogens with one attached hydrogen (secondary N) is 1. The van der Waals surface area contributed by atoms with Gasteiger partial charge in [0.05, 0.1) is 16.7 Å². The lowest BCUT2D eigenvalue weighted by atomic mass is 10.2. The van der Waals surface area contributed by atoms with Crippen LogP contribution in [-0.2, 0) is 0 Å². The maximum absolute atomic E-state index is 11.8. The van der Waals surface area contributed by atoms with Gasteiger partial charge in [-0.3, -0.25) is 14.9 Å². The van der Waals surface area contributed by atoms with Crippen molar-refractivity contribution >= 4 is 41.0 Å². The molecule has 0 aliphatic heterocycles. The summed E-state index contributed by atoms with van der Waals surface area (Å²) in [6.45, 7) is 0. The van der Waals surface area contributed by atoms with Gasteiger partial charge in [0, 0.05) is 28.9 Å². The van der Waals surface area contributed by atoms with Crippen molar-refractivity contribution in [1.29, 1.82) is 0 Å². The summed E-state index contributed by atoms with van der Waals surface area (Å²) in [6.07, 6.45) is 2.66. The third-order valence-corrected chi connectivity index (χ3v) is 3.21. The summed E-state index contributed by atoms with van der Waals surface area (Å²) < 4.78 is 0. The quantitative estimate of drug-likeness (QED) is 0.401. The lowest BCUT2D eigenvalue weighted by molar-refractivity contribution is -0.384. The van der Waals surface area contributed by atoms with Gasteiger partial charge in [0.1, 0.15) is 5.15 Å². The standard InChI is InChI=1S/C13H8Cl2N4O3/c14-11-4-3-9(19(21)22)6-8(11)7-17-18-13(20)10-2-1-5-16-12(10)15/h1-7H,(H,18,20). The highest BCUT2D eigenvalue weighted by molar-refractivity contribution is 6.33. The highest BCUT2D eigenvalue weighted by atomic mass is 35.5. The fourth-order valence-electron chi connectivity index (χ4n) is 1.52. The third-order valence-electron chi connectivity index (χ3n) is 2.56. The van der Waals surface area contributed by atoms with Crippen molar-refractivity contribution < 1.29 is 9.72 Å². The van der Waals surface area contributed by atoms with E-state index in [9.17, 15) is 14.9 Å². The summed E-state index contributed by atoms with van der Waals surface area (Å²) in [4.78, 5) is 25.7. The van der Waals surface area contributed by atoms with Gasteiger partial charge in [-0.1, -0.05) is 23.2 Å². The normalized spacial score (nSPS) is 10.6. The van der Waals surface area contributed by atoms with Gasteiger partial charge >= 0.3 is 0 Å². The number of non-ortho nitro benzene ring substituents is 1. The van der Waals surface area contributed by atoms with Crippen LogP contribution in [0, 0.1) is 10.1 Å². The first-order chi connectivity index (χ1) is 10.5. The van der Waals surface area contributed by atoms with Gasteiger partial charge in [0.25, 0.3) is 11.6 Å². The van der Waals surface area contributed by atoms with E-state index in [1.807, 2.05) is 0 Å². The van der Waals surface area contributed by atoms with Crippen LogP contribution in [0.5, 0.6) is 0 Å². The average Bonchev–Trinajstić information content (AvgIpc) is 2.49. The zero-order valence-corrected chi connectivity index (χ0v) is 12.4. The molecule has 1 heterocycles. The van der Waals surface area contributed by atoms with Crippen molar-refractivity contribution in [2.45, 2.75) is 0 Å². The van der Waals surface area contributed by atoms with Crippen molar-refractivity contribution in [3.05, 3.63) is 67.9 Å². The van der Waals surface area contributed by atoms with Crippen LogP contribution in [0.2, 0.25) is 10.2 Å². The van der Waals surface area contributed by atoms with Gasteiger partial charge in [-0.05, 0) is 18.2 Å². The predicted molar refractivity (Wildman–Crippen MR) is 82.4 cm³/mol. The van der Waals surface area contributed by atoms with Crippen LogP contribution >= 0.6 is 23.2 Å². The number of carbonyl (C=O) groups excluding carboxylic acids is 1. The Balaban J connectivity index is 2.13. The molecular weight excluding hydrogens is 331 g/mol. The van der Waals surface area contributed by atoms with Gasteiger partial charge in [0.2, 0.25) is 0 Å². The number of amides is 1. The molecule has 112 valence electrons. The molecule has 9 heteroatoms. The van der Waals surface area contributed by atoms with Crippen molar-refractivity contribution in [2.75, 3.05) is 0 Å². The first-order valence-corrected chi connectivity index (χ1v) is 6.62. The minimum absolute atomic E-state index is 0.0450. The zero-order valence-electron chi connectivity index (χ0n) is 10.9. The van der Waals surface area contributed by atoms with Crippen LogP contribution in [0.3, 0.4) is 0 Å². The number of benzene rings is 1. The first kappa shape index (κ1) is 15.9. The lowest BCUT2D eigenvalue weighted by Crippen LogP contribution is -2.18. The Hall–Kier alpha value is -2.51. The van der Waals surface area contributed by atoms with E-state index >= 15 is 0 Å². The third kappa shape index (κ3) is 3.78. The molecule has 22 heavy (non-hydrogen) atoms. The second kappa shape index (κ2) is 6.97. The summed E-state index contributed by atoms with van der Waals surface area (Å²) in [5.41, 5.74) is 2.57. The number of rotatable bonds is 4. The summed E-state index contributed by atoms with van der Waals surface area (Å²) in [7, 11) is 0. The number of hydrogen-bond acceptors (Lipinski definition) is 5. The number of nitro groups is 1. The van der Waals surface area contributed by atoms with E-state index < -0.39 is 10.8 Å². The Morgan fingerprint density at radius 3 is 2.82 bits per heavy atom. The molecule has 0 atom stereocenters. The number of carbonyl (C=O) groups is 1. The second-order valence-corrected chi connectivity index (χ2v) is 4.77. The summed E-state index contributed by atoms with van der Waals surface area (Å²) >= 11 is 11.7. The maximum Gasteiger partial charge on any atom is 0.274 e. The number of nitrogens with zero attached hydrogens (tertiary/aromatic N) is 3. The number of hydrogen-bond donors (Lipinski definition) is 1. The van der Waals surface area contributed by atoms with Gasteiger partial charge in [-0.25, -0.2) is 10.4 Å². The van der Waals surface area contributed by atoms with E-state index in [0.717, 1.165) is 0 Å². The fraction of sp³-hybridized carbons (Fsp3) is 0. The van der Waals surface area contributed by atoms with E-state index in [1.54, 1.807) is 6.07 Å².